The van der Waals surface area contributed by atoms with Crippen molar-refractivity contribution in [2.24, 2.45) is 5.73 Å². The first-order valence-electron chi connectivity index (χ1n) is 7.69. The predicted molar refractivity (Wildman–Crippen MR) is 84.0 cm³/mol. The SMILES string of the molecule is CC(C)Oc1ccccc1C(N)C(C)(C)N1CCCC1. The Labute approximate surface area is 123 Å². The van der Waals surface area contributed by atoms with Crippen LogP contribution >= 0.6 is 0 Å². The highest BCUT2D eigenvalue weighted by molar-refractivity contribution is 5.37. The number of para-hydroxylation sites is 1. The number of hydrogen-bond acceptors (Lipinski definition) is 3. The van der Waals surface area contributed by atoms with Gasteiger partial charge in [0.1, 0.15) is 5.75 Å². The molecule has 20 heavy (non-hydrogen) atoms. The summed E-state index contributed by atoms with van der Waals surface area (Å²) in [4.78, 5) is 2.50. The summed E-state index contributed by atoms with van der Waals surface area (Å²) in [6.07, 6.45) is 2.72. The van der Waals surface area contributed by atoms with Gasteiger partial charge in [0.15, 0.2) is 0 Å². The Morgan fingerprint density at radius 3 is 2.35 bits per heavy atom. The van der Waals surface area contributed by atoms with E-state index in [1.807, 2.05) is 32.0 Å². The van der Waals surface area contributed by atoms with Gasteiger partial charge in [0, 0.05) is 11.1 Å². The molecule has 0 saturated carbocycles. The van der Waals surface area contributed by atoms with Crippen molar-refractivity contribution in [3.8, 4) is 5.75 Å². The Morgan fingerprint density at radius 1 is 1.15 bits per heavy atom. The van der Waals surface area contributed by atoms with Crippen LogP contribution in [0.15, 0.2) is 24.3 Å². The normalized spacial score (nSPS) is 18.5. The van der Waals surface area contributed by atoms with Gasteiger partial charge in [0.25, 0.3) is 0 Å². The van der Waals surface area contributed by atoms with E-state index in [2.05, 4.69) is 24.8 Å². The minimum absolute atomic E-state index is 0.0458. The molecule has 1 aliphatic heterocycles. The molecule has 1 aliphatic rings. The third kappa shape index (κ3) is 3.15. The first kappa shape index (κ1) is 15.3. The maximum absolute atomic E-state index is 6.61. The van der Waals surface area contributed by atoms with E-state index in [0.29, 0.717) is 0 Å². The molecule has 1 heterocycles. The molecule has 112 valence electrons. The Morgan fingerprint density at radius 2 is 1.75 bits per heavy atom. The van der Waals surface area contributed by atoms with Crippen LogP contribution in [0, 0.1) is 0 Å². The highest BCUT2D eigenvalue weighted by atomic mass is 16.5. The fraction of sp³-hybridized carbons (Fsp3) is 0.647. The lowest BCUT2D eigenvalue weighted by atomic mass is 9.87. The van der Waals surface area contributed by atoms with E-state index < -0.39 is 0 Å². The molecule has 1 atom stereocenters. The van der Waals surface area contributed by atoms with Crippen LogP contribution < -0.4 is 10.5 Å². The van der Waals surface area contributed by atoms with Crippen LogP contribution in [0.2, 0.25) is 0 Å². The van der Waals surface area contributed by atoms with Gasteiger partial charge in [-0.3, -0.25) is 4.90 Å². The average molecular weight is 276 g/mol. The molecule has 1 fully saturated rings. The van der Waals surface area contributed by atoms with E-state index in [1.165, 1.54) is 12.8 Å². The van der Waals surface area contributed by atoms with Crippen molar-refractivity contribution in [3.63, 3.8) is 0 Å². The van der Waals surface area contributed by atoms with Gasteiger partial charge in [-0.15, -0.1) is 0 Å². The summed E-state index contributed by atoms with van der Waals surface area (Å²) < 4.78 is 5.93. The molecule has 3 nitrogen and oxygen atoms in total. The van der Waals surface area contributed by atoms with Gasteiger partial charge in [0.2, 0.25) is 0 Å². The fourth-order valence-electron chi connectivity index (χ4n) is 2.97. The van der Waals surface area contributed by atoms with Gasteiger partial charge in [-0.1, -0.05) is 18.2 Å². The van der Waals surface area contributed by atoms with Crippen molar-refractivity contribution in [1.29, 1.82) is 0 Å². The van der Waals surface area contributed by atoms with E-state index in [0.717, 1.165) is 24.4 Å². The van der Waals surface area contributed by atoms with Crippen molar-refractivity contribution < 1.29 is 4.74 Å². The first-order valence-corrected chi connectivity index (χ1v) is 7.69. The Kier molecular flexibility index (Phi) is 4.71. The second-order valence-electron chi connectivity index (χ2n) is 6.53. The summed E-state index contributed by atoms with van der Waals surface area (Å²) in [7, 11) is 0. The van der Waals surface area contributed by atoms with Crippen LogP contribution in [0.5, 0.6) is 5.75 Å². The average Bonchev–Trinajstić information content (AvgIpc) is 2.92. The van der Waals surface area contributed by atoms with Gasteiger partial charge in [-0.2, -0.15) is 0 Å². The number of hydrogen-bond donors (Lipinski definition) is 1. The van der Waals surface area contributed by atoms with Crippen molar-refractivity contribution in [2.45, 2.75) is 58.2 Å². The lowest BCUT2D eigenvalue weighted by Gasteiger charge is -2.41. The number of nitrogens with two attached hydrogens (primary N) is 1. The molecule has 2 rings (SSSR count). The standard InChI is InChI=1S/C17H28N2O/c1-13(2)20-15-10-6-5-9-14(15)16(18)17(3,4)19-11-7-8-12-19/h5-6,9-10,13,16H,7-8,11-12,18H2,1-4H3. The predicted octanol–water partition coefficient (Wildman–Crippen LogP) is 3.35. The second kappa shape index (κ2) is 6.15. The number of nitrogens with zero attached hydrogens (tertiary/aromatic N) is 1. The molecular weight excluding hydrogens is 248 g/mol. The van der Waals surface area contributed by atoms with E-state index in [9.17, 15) is 0 Å². The topological polar surface area (TPSA) is 38.5 Å². The Balaban J connectivity index is 2.25. The molecule has 0 amide bonds. The highest BCUT2D eigenvalue weighted by Gasteiger charge is 2.36. The maximum atomic E-state index is 6.61. The monoisotopic (exact) mass is 276 g/mol. The van der Waals surface area contributed by atoms with Gasteiger partial charge in [0.05, 0.1) is 12.1 Å². The van der Waals surface area contributed by atoms with Crippen LogP contribution in [0.4, 0.5) is 0 Å². The fourth-order valence-corrected chi connectivity index (χ4v) is 2.97. The van der Waals surface area contributed by atoms with Crippen molar-refractivity contribution in [2.75, 3.05) is 13.1 Å². The summed E-state index contributed by atoms with van der Waals surface area (Å²) in [5.74, 6) is 0.919. The summed E-state index contributed by atoms with van der Waals surface area (Å²) in [5.41, 5.74) is 7.67. The summed E-state index contributed by atoms with van der Waals surface area (Å²) in [5, 5.41) is 0. The van der Waals surface area contributed by atoms with Crippen molar-refractivity contribution in [1.82, 2.24) is 4.90 Å². The zero-order valence-corrected chi connectivity index (χ0v) is 13.2. The molecule has 1 saturated heterocycles. The molecule has 2 N–H and O–H groups in total. The zero-order valence-electron chi connectivity index (χ0n) is 13.2. The number of likely N-dealkylation sites (tertiary alicyclic amines) is 1. The first-order chi connectivity index (χ1) is 9.43. The molecule has 1 aromatic rings. The number of rotatable bonds is 5. The molecule has 0 spiro atoms. The van der Waals surface area contributed by atoms with Gasteiger partial charge >= 0.3 is 0 Å². The third-order valence-corrected chi connectivity index (χ3v) is 4.30. The molecule has 1 unspecified atom stereocenters. The number of ether oxygens (including phenoxy) is 1. The van der Waals surface area contributed by atoms with Gasteiger partial charge < -0.3 is 10.5 Å². The van der Waals surface area contributed by atoms with E-state index >= 15 is 0 Å². The minimum atomic E-state index is -0.0487. The molecule has 1 aromatic carbocycles. The highest BCUT2D eigenvalue weighted by Crippen LogP contribution is 2.36. The van der Waals surface area contributed by atoms with Gasteiger partial charge in [-0.05, 0) is 59.7 Å². The maximum Gasteiger partial charge on any atom is 0.124 e. The lowest BCUT2D eigenvalue weighted by Crippen LogP contribution is -2.50. The third-order valence-electron chi connectivity index (χ3n) is 4.30. The van der Waals surface area contributed by atoms with Crippen LogP contribution in [0.3, 0.4) is 0 Å². The molecule has 3 heteroatoms. The molecule has 0 bridgehead atoms. The Hall–Kier alpha value is -1.06. The largest absolute Gasteiger partial charge is 0.491 e. The quantitative estimate of drug-likeness (QED) is 0.896. The van der Waals surface area contributed by atoms with E-state index in [4.69, 9.17) is 10.5 Å². The molecule has 0 aromatic heterocycles. The summed E-state index contributed by atoms with van der Waals surface area (Å²) >= 11 is 0. The van der Waals surface area contributed by atoms with Crippen molar-refractivity contribution in [3.05, 3.63) is 29.8 Å². The van der Waals surface area contributed by atoms with E-state index in [-0.39, 0.29) is 17.7 Å². The smallest absolute Gasteiger partial charge is 0.124 e. The lowest BCUT2D eigenvalue weighted by molar-refractivity contribution is 0.121. The van der Waals surface area contributed by atoms with Crippen LogP contribution in [0.1, 0.15) is 52.1 Å². The van der Waals surface area contributed by atoms with Crippen LogP contribution in [0.25, 0.3) is 0 Å². The number of benzene rings is 1. The van der Waals surface area contributed by atoms with Gasteiger partial charge in [-0.25, -0.2) is 0 Å². The summed E-state index contributed by atoms with van der Waals surface area (Å²) in [6, 6.07) is 8.13. The van der Waals surface area contributed by atoms with Crippen LogP contribution in [-0.4, -0.2) is 29.6 Å². The van der Waals surface area contributed by atoms with Crippen molar-refractivity contribution >= 4 is 0 Å². The second-order valence-corrected chi connectivity index (χ2v) is 6.53. The minimum Gasteiger partial charge on any atom is -0.491 e. The molecule has 0 aliphatic carbocycles. The van der Waals surface area contributed by atoms with Crippen LogP contribution in [-0.2, 0) is 0 Å². The summed E-state index contributed by atoms with van der Waals surface area (Å²) in [6.45, 7) is 10.9. The molecular formula is C17H28N2O. The molecule has 0 radical (unpaired) electrons. The Bertz CT molecular complexity index is 436. The van der Waals surface area contributed by atoms with E-state index in [1.54, 1.807) is 0 Å². The zero-order chi connectivity index (χ0) is 14.8.